The van der Waals surface area contributed by atoms with Gasteiger partial charge in [-0.25, -0.2) is 18.8 Å². The van der Waals surface area contributed by atoms with Crippen LogP contribution in [0.15, 0.2) is 60.0 Å². The van der Waals surface area contributed by atoms with Crippen molar-refractivity contribution in [3.63, 3.8) is 0 Å². The van der Waals surface area contributed by atoms with Gasteiger partial charge in [-0.2, -0.15) is 18.4 Å². The molecule has 5 rings (SSSR count). The number of aliphatic hydroxyl groups is 1. The minimum atomic E-state index is -4.72. The van der Waals surface area contributed by atoms with Gasteiger partial charge in [0.05, 0.1) is 17.6 Å². The number of carbonyl (C=O) groups is 2. The molecule has 43 heavy (non-hydrogen) atoms. The number of nitriles is 1. The Bertz CT molecular complexity index is 1730. The monoisotopic (exact) mass is 597 g/mol. The predicted octanol–water partition coefficient (Wildman–Crippen LogP) is 5.79. The van der Waals surface area contributed by atoms with Crippen molar-refractivity contribution in [3.8, 4) is 17.2 Å². The predicted molar refractivity (Wildman–Crippen MR) is 144 cm³/mol. The number of anilines is 1. The molecule has 2 aromatic carbocycles. The summed E-state index contributed by atoms with van der Waals surface area (Å²) in [5.74, 6) is -4.94. The van der Waals surface area contributed by atoms with Crippen LogP contribution in [-0.4, -0.2) is 44.0 Å². The summed E-state index contributed by atoms with van der Waals surface area (Å²) >= 11 is 0. The van der Waals surface area contributed by atoms with Crippen LogP contribution in [0.2, 0.25) is 0 Å². The second-order valence-electron chi connectivity index (χ2n) is 10.5. The molecule has 1 atom stereocenters. The van der Waals surface area contributed by atoms with E-state index in [4.69, 9.17) is 0 Å². The molecule has 2 aliphatic rings. The molecule has 0 bridgehead atoms. The standard InChI is InChI=1S/C30H24F5N5O3/c1-16-11-18(14-37-23(16)13-36)20-12-19(30(33,34)35)7-8-22(20)38-27(42)24-26(41)29(2)9-4-10-40(29)39(28(24)43)15-17-5-3-6-21(31)25(17)32/h3,5-8,11-12,14,41H,4,9-10,15H2,1-2H3,(H,38,42). The molecule has 1 saturated heterocycles. The number of hydrogen-bond acceptors (Lipinski definition) is 6. The van der Waals surface area contributed by atoms with Crippen LogP contribution < -0.4 is 5.32 Å². The number of hydrogen-bond donors (Lipinski definition) is 2. The van der Waals surface area contributed by atoms with Crippen molar-refractivity contribution < 1.29 is 36.6 Å². The summed E-state index contributed by atoms with van der Waals surface area (Å²) in [5, 5.41) is 25.5. The zero-order valence-electron chi connectivity index (χ0n) is 22.9. The molecule has 0 spiro atoms. The molecule has 8 nitrogen and oxygen atoms in total. The second-order valence-corrected chi connectivity index (χ2v) is 10.5. The zero-order chi connectivity index (χ0) is 31.3. The van der Waals surface area contributed by atoms with Crippen molar-refractivity contribution in [3.05, 3.63) is 94.0 Å². The highest BCUT2D eigenvalue weighted by Gasteiger charge is 2.52. The van der Waals surface area contributed by atoms with Crippen molar-refractivity contribution in [2.45, 2.75) is 44.9 Å². The number of pyridine rings is 1. The van der Waals surface area contributed by atoms with Crippen molar-refractivity contribution in [1.29, 1.82) is 5.26 Å². The number of halogens is 5. The van der Waals surface area contributed by atoms with E-state index in [9.17, 15) is 41.9 Å². The quantitative estimate of drug-likeness (QED) is 0.285. The number of aryl methyl sites for hydroxylation is 1. The van der Waals surface area contributed by atoms with Crippen molar-refractivity contribution in [1.82, 2.24) is 15.0 Å². The van der Waals surface area contributed by atoms with Gasteiger partial charge in [0.15, 0.2) is 11.6 Å². The summed E-state index contributed by atoms with van der Waals surface area (Å²) in [6, 6.07) is 9.36. The smallest absolute Gasteiger partial charge is 0.416 e. The Morgan fingerprint density at radius 1 is 1.21 bits per heavy atom. The Morgan fingerprint density at radius 2 is 1.95 bits per heavy atom. The third-order valence-corrected chi connectivity index (χ3v) is 7.76. The average molecular weight is 598 g/mol. The molecule has 2 aliphatic heterocycles. The molecule has 0 aliphatic carbocycles. The van der Waals surface area contributed by atoms with Crippen LogP contribution in [0.5, 0.6) is 0 Å². The van der Waals surface area contributed by atoms with Gasteiger partial charge in [-0.05, 0) is 62.6 Å². The van der Waals surface area contributed by atoms with Gasteiger partial charge in [0.2, 0.25) is 0 Å². The Labute approximate surface area is 242 Å². The van der Waals surface area contributed by atoms with Gasteiger partial charge >= 0.3 is 6.18 Å². The fourth-order valence-electron chi connectivity index (χ4n) is 5.47. The summed E-state index contributed by atoms with van der Waals surface area (Å²) in [4.78, 5) is 31.3. The normalized spacial score (nSPS) is 18.9. The number of hydrazine groups is 1. The molecule has 2 amide bonds. The van der Waals surface area contributed by atoms with E-state index in [1.165, 1.54) is 29.4 Å². The highest BCUT2D eigenvalue weighted by atomic mass is 19.4. The Hall–Kier alpha value is -4.83. The van der Waals surface area contributed by atoms with Gasteiger partial charge in [0.25, 0.3) is 11.8 Å². The van der Waals surface area contributed by atoms with Crippen molar-refractivity contribution >= 4 is 17.5 Å². The number of rotatable bonds is 5. The van der Waals surface area contributed by atoms with E-state index >= 15 is 0 Å². The van der Waals surface area contributed by atoms with Gasteiger partial charge in [-0.15, -0.1) is 0 Å². The van der Waals surface area contributed by atoms with E-state index in [1.54, 1.807) is 13.8 Å². The lowest BCUT2D eigenvalue weighted by Gasteiger charge is -2.46. The molecule has 3 heterocycles. The number of nitrogens with one attached hydrogen (secondary N) is 1. The minimum absolute atomic E-state index is 0.0633. The number of nitrogens with zero attached hydrogens (tertiary/aromatic N) is 4. The Balaban J connectivity index is 1.56. The fourth-order valence-corrected chi connectivity index (χ4v) is 5.47. The molecule has 1 aromatic heterocycles. The number of aromatic nitrogens is 1. The van der Waals surface area contributed by atoms with Crippen LogP contribution in [0.1, 0.15) is 42.1 Å². The second kappa shape index (κ2) is 10.8. The number of fused-ring (bicyclic) bond motifs is 1. The van der Waals surface area contributed by atoms with Crippen LogP contribution >= 0.6 is 0 Å². The zero-order valence-corrected chi connectivity index (χ0v) is 22.9. The van der Waals surface area contributed by atoms with E-state index in [-0.39, 0.29) is 34.6 Å². The molecule has 1 fully saturated rings. The Kier molecular flexibility index (Phi) is 7.43. The topological polar surface area (TPSA) is 110 Å². The Morgan fingerprint density at radius 3 is 2.63 bits per heavy atom. The number of benzene rings is 2. The summed E-state index contributed by atoms with van der Waals surface area (Å²) in [6.07, 6.45) is -2.70. The molecule has 2 N–H and O–H groups in total. The van der Waals surface area contributed by atoms with E-state index in [1.807, 2.05) is 6.07 Å². The lowest BCUT2D eigenvalue weighted by Crippen LogP contribution is -2.60. The molecule has 13 heteroatoms. The highest BCUT2D eigenvalue weighted by molar-refractivity contribution is 6.24. The van der Waals surface area contributed by atoms with E-state index in [0.717, 1.165) is 29.3 Å². The van der Waals surface area contributed by atoms with Gasteiger partial charge < -0.3 is 10.4 Å². The molecule has 0 saturated carbocycles. The number of carbonyl (C=O) groups excluding carboxylic acids is 2. The van der Waals surface area contributed by atoms with Crippen LogP contribution in [0, 0.1) is 29.9 Å². The summed E-state index contributed by atoms with van der Waals surface area (Å²) < 4.78 is 69.4. The SMILES string of the molecule is Cc1cc(-c2cc(C(F)(F)F)ccc2NC(=O)C2=C(O)C3(C)CCCN3N(Cc3cccc(F)c3F)C2=O)cnc1C#N. The first-order valence-corrected chi connectivity index (χ1v) is 13.1. The lowest BCUT2D eigenvalue weighted by molar-refractivity contribution is -0.160. The maximum atomic E-state index is 14.6. The van der Waals surface area contributed by atoms with Crippen LogP contribution in [0.25, 0.3) is 11.1 Å². The van der Waals surface area contributed by atoms with Gasteiger partial charge in [-0.3, -0.25) is 14.6 Å². The van der Waals surface area contributed by atoms with E-state index < -0.39 is 58.6 Å². The van der Waals surface area contributed by atoms with Gasteiger partial charge in [0, 0.05) is 35.1 Å². The minimum Gasteiger partial charge on any atom is -0.509 e. The first-order chi connectivity index (χ1) is 20.3. The molecule has 1 unspecified atom stereocenters. The van der Waals surface area contributed by atoms with Gasteiger partial charge in [0.1, 0.15) is 23.1 Å². The molecule has 3 aromatic rings. The first-order valence-electron chi connectivity index (χ1n) is 13.1. The van der Waals surface area contributed by atoms with Crippen molar-refractivity contribution in [2.24, 2.45) is 0 Å². The van der Waals surface area contributed by atoms with Crippen LogP contribution in [0.4, 0.5) is 27.6 Å². The molecule has 222 valence electrons. The lowest BCUT2D eigenvalue weighted by atomic mass is 9.90. The average Bonchev–Trinajstić information content (AvgIpc) is 3.35. The third kappa shape index (κ3) is 5.18. The maximum Gasteiger partial charge on any atom is 0.416 e. The van der Waals surface area contributed by atoms with E-state index in [0.29, 0.717) is 18.4 Å². The number of amides is 2. The largest absolute Gasteiger partial charge is 0.509 e. The molecular formula is C30H24F5N5O3. The molecular weight excluding hydrogens is 573 g/mol. The summed E-state index contributed by atoms with van der Waals surface area (Å²) in [5.41, 5.74) is -2.71. The van der Waals surface area contributed by atoms with Crippen molar-refractivity contribution in [2.75, 3.05) is 11.9 Å². The van der Waals surface area contributed by atoms with Crippen LogP contribution in [0.3, 0.4) is 0 Å². The molecule has 0 radical (unpaired) electrons. The fraction of sp³-hybridized carbons (Fsp3) is 0.267. The first kappa shape index (κ1) is 29.7. The highest BCUT2D eigenvalue weighted by Crippen LogP contribution is 2.42. The number of alkyl halides is 3. The third-order valence-electron chi connectivity index (χ3n) is 7.76. The van der Waals surface area contributed by atoms with Crippen LogP contribution in [-0.2, 0) is 22.3 Å². The van der Waals surface area contributed by atoms with E-state index in [2.05, 4.69) is 10.3 Å². The van der Waals surface area contributed by atoms with Gasteiger partial charge in [-0.1, -0.05) is 12.1 Å². The number of aliphatic hydroxyl groups excluding tert-OH is 1. The summed E-state index contributed by atoms with van der Waals surface area (Å²) in [7, 11) is 0. The maximum absolute atomic E-state index is 14.6. The summed E-state index contributed by atoms with van der Waals surface area (Å²) in [6.45, 7) is 2.99.